The Kier molecular flexibility index (Phi) is 2.82. The van der Waals surface area contributed by atoms with E-state index in [4.69, 9.17) is 14.9 Å². The van der Waals surface area contributed by atoms with Gasteiger partial charge in [0, 0.05) is 18.4 Å². The summed E-state index contributed by atoms with van der Waals surface area (Å²) in [7, 11) is 0. The number of hydrogen-bond acceptors (Lipinski definition) is 4. The van der Waals surface area contributed by atoms with Crippen molar-refractivity contribution in [2.45, 2.75) is 12.1 Å². The summed E-state index contributed by atoms with van der Waals surface area (Å²) in [5, 5.41) is 7.20. The first-order chi connectivity index (χ1) is 8.36. The molecule has 0 bridgehead atoms. The first-order valence-corrected chi connectivity index (χ1v) is 5.93. The molecule has 4 heteroatoms. The molecular formula is C13H16N2O2. The van der Waals surface area contributed by atoms with Gasteiger partial charge in [-0.05, 0) is 17.7 Å². The fraction of sp³-hybridized carbons (Fsp3) is 0.462. The van der Waals surface area contributed by atoms with Crippen LogP contribution in [0.3, 0.4) is 0 Å². The van der Waals surface area contributed by atoms with E-state index in [0.29, 0.717) is 12.1 Å². The van der Waals surface area contributed by atoms with E-state index in [9.17, 15) is 0 Å². The van der Waals surface area contributed by atoms with Gasteiger partial charge >= 0.3 is 0 Å². The standard InChI is InChI=1S/C13H16N2O2/c14-5-10-1-3-11(4-2-10)15(6-13-9-17-13)12-7-16-8-12/h1-5,12-14H,6-9H2. The molecule has 2 heterocycles. The van der Waals surface area contributed by atoms with Crippen LogP contribution in [0.15, 0.2) is 24.3 Å². The van der Waals surface area contributed by atoms with Gasteiger partial charge < -0.3 is 19.8 Å². The first-order valence-electron chi connectivity index (χ1n) is 5.93. The third-order valence-corrected chi connectivity index (χ3v) is 3.26. The number of hydrogen-bond donors (Lipinski definition) is 1. The number of anilines is 1. The number of epoxide rings is 1. The predicted molar refractivity (Wildman–Crippen MR) is 66.0 cm³/mol. The lowest BCUT2D eigenvalue weighted by atomic mass is 10.1. The van der Waals surface area contributed by atoms with Crippen LogP contribution in [0.1, 0.15) is 5.56 Å². The van der Waals surface area contributed by atoms with Gasteiger partial charge in [-0.2, -0.15) is 0 Å². The molecule has 2 fully saturated rings. The van der Waals surface area contributed by atoms with E-state index in [1.165, 1.54) is 11.9 Å². The monoisotopic (exact) mass is 232 g/mol. The van der Waals surface area contributed by atoms with E-state index in [0.717, 1.165) is 31.9 Å². The van der Waals surface area contributed by atoms with Crippen molar-refractivity contribution in [2.75, 3.05) is 31.3 Å². The summed E-state index contributed by atoms with van der Waals surface area (Å²) in [4.78, 5) is 2.36. The molecule has 1 unspecified atom stereocenters. The van der Waals surface area contributed by atoms with Crippen LogP contribution in [0.2, 0.25) is 0 Å². The molecule has 0 amide bonds. The van der Waals surface area contributed by atoms with Crippen LogP contribution in [0, 0.1) is 5.41 Å². The molecule has 1 atom stereocenters. The smallest absolute Gasteiger partial charge is 0.0984 e. The fourth-order valence-electron chi connectivity index (χ4n) is 2.02. The summed E-state index contributed by atoms with van der Waals surface area (Å²) in [6, 6.07) is 8.57. The van der Waals surface area contributed by atoms with Crippen molar-refractivity contribution in [3.8, 4) is 0 Å². The third kappa shape index (κ3) is 2.33. The molecule has 0 spiro atoms. The van der Waals surface area contributed by atoms with Gasteiger partial charge in [0.15, 0.2) is 0 Å². The van der Waals surface area contributed by atoms with Crippen LogP contribution in [0.4, 0.5) is 5.69 Å². The molecule has 1 aromatic rings. The minimum absolute atomic E-state index is 0.387. The second-order valence-electron chi connectivity index (χ2n) is 4.53. The average Bonchev–Trinajstić information content (AvgIpc) is 3.10. The third-order valence-electron chi connectivity index (χ3n) is 3.26. The highest BCUT2D eigenvalue weighted by atomic mass is 16.6. The van der Waals surface area contributed by atoms with Crippen molar-refractivity contribution in [1.29, 1.82) is 5.41 Å². The van der Waals surface area contributed by atoms with E-state index in [-0.39, 0.29) is 0 Å². The molecule has 1 aromatic carbocycles. The number of nitrogens with one attached hydrogen (secondary N) is 1. The van der Waals surface area contributed by atoms with Gasteiger partial charge in [-0.3, -0.25) is 0 Å². The highest BCUT2D eigenvalue weighted by Gasteiger charge is 2.32. The van der Waals surface area contributed by atoms with E-state index in [1.807, 2.05) is 12.1 Å². The van der Waals surface area contributed by atoms with E-state index in [1.54, 1.807) is 0 Å². The zero-order valence-corrected chi connectivity index (χ0v) is 9.63. The van der Waals surface area contributed by atoms with Gasteiger partial charge in [0.2, 0.25) is 0 Å². The van der Waals surface area contributed by atoms with Crippen molar-refractivity contribution >= 4 is 11.9 Å². The van der Waals surface area contributed by atoms with Crippen LogP contribution < -0.4 is 4.90 Å². The van der Waals surface area contributed by atoms with Crippen molar-refractivity contribution in [2.24, 2.45) is 0 Å². The van der Waals surface area contributed by atoms with Crippen molar-refractivity contribution < 1.29 is 9.47 Å². The summed E-state index contributed by atoms with van der Waals surface area (Å²) >= 11 is 0. The van der Waals surface area contributed by atoms with Crippen LogP contribution in [0.25, 0.3) is 0 Å². The molecule has 3 rings (SSSR count). The van der Waals surface area contributed by atoms with Crippen LogP contribution in [-0.4, -0.2) is 44.7 Å². The molecule has 0 aromatic heterocycles. The van der Waals surface area contributed by atoms with Crippen molar-refractivity contribution in [3.05, 3.63) is 29.8 Å². The van der Waals surface area contributed by atoms with E-state index < -0.39 is 0 Å². The van der Waals surface area contributed by atoms with Gasteiger partial charge in [0.05, 0.1) is 32.0 Å². The quantitative estimate of drug-likeness (QED) is 0.614. The Morgan fingerprint density at radius 1 is 1.24 bits per heavy atom. The summed E-state index contributed by atoms with van der Waals surface area (Å²) in [5.41, 5.74) is 2.13. The van der Waals surface area contributed by atoms with E-state index >= 15 is 0 Å². The molecule has 0 saturated carbocycles. The van der Waals surface area contributed by atoms with Crippen LogP contribution >= 0.6 is 0 Å². The Hall–Kier alpha value is -1.39. The Morgan fingerprint density at radius 3 is 2.41 bits per heavy atom. The van der Waals surface area contributed by atoms with Gasteiger partial charge in [0.25, 0.3) is 0 Å². The fourth-order valence-corrected chi connectivity index (χ4v) is 2.02. The maximum atomic E-state index is 7.20. The summed E-state index contributed by atoms with van der Waals surface area (Å²) < 4.78 is 10.6. The topological polar surface area (TPSA) is 48.9 Å². The zero-order chi connectivity index (χ0) is 11.7. The lowest BCUT2D eigenvalue weighted by Gasteiger charge is -2.38. The minimum Gasteiger partial charge on any atom is -0.377 e. The zero-order valence-electron chi connectivity index (χ0n) is 9.63. The van der Waals surface area contributed by atoms with Gasteiger partial charge in [-0.25, -0.2) is 0 Å². The van der Waals surface area contributed by atoms with Gasteiger partial charge in [0.1, 0.15) is 0 Å². The predicted octanol–water partition coefficient (Wildman–Crippen LogP) is 1.29. The highest BCUT2D eigenvalue weighted by Crippen LogP contribution is 2.24. The average molecular weight is 232 g/mol. The Bertz CT molecular complexity index is 396. The minimum atomic E-state index is 0.387. The molecule has 4 nitrogen and oxygen atoms in total. The Labute approximate surface area is 101 Å². The second kappa shape index (κ2) is 4.47. The number of rotatable bonds is 5. The molecule has 17 heavy (non-hydrogen) atoms. The summed E-state index contributed by atoms with van der Waals surface area (Å²) in [5.74, 6) is 0. The SMILES string of the molecule is N=Cc1ccc(N(CC2CO2)C2COC2)cc1. The second-order valence-corrected chi connectivity index (χ2v) is 4.53. The van der Waals surface area contributed by atoms with Gasteiger partial charge in [-0.15, -0.1) is 0 Å². The lowest BCUT2D eigenvalue weighted by molar-refractivity contribution is 0.00764. The first kappa shape index (κ1) is 10.7. The Balaban J connectivity index is 1.77. The maximum Gasteiger partial charge on any atom is 0.0984 e. The highest BCUT2D eigenvalue weighted by molar-refractivity contribution is 5.77. The molecule has 90 valence electrons. The number of nitrogens with zero attached hydrogens (tertiary/aromatic N) is 1. The molecule has 2 aliphatic rings. The van der Waals surface area contributed by atoms with Crippen LogP contribution in [0.5, 0.6) is 0 Å². The maximum absolute atomic E-state index is 7.20. The van der Waals surface area contributed by atoms with E-state index in [2.05, 4.69) is 17.0 Å². The van der Waals surface area contributed by atoms with Crippen molar-refractivity contribution in [3.63, 3.8) is 0 Å². The van der Waals surface area contributed by atoms with Gasteiger partial charge in [-0.1, -0.05) is 12.1 Å². The molecule has 1 N–H and O–H groups in total. The Morgan fingerprint density at radius 2 is 1.94 bits per heavy atom. The number of ether oxygens (including phenoxy) is 2. The molecule has 2 saturated heterocycles. The molecule has 0 radical (unpaired) electrons. The normalized spacial score (nSPS) is 22.9. The summed E-state index contributed by atoms with van der Waals surface area (Å²) in [6.45, 7) is 3.43. The van der Waals surface area contributed by atoms with Crippen molar-refractivity contribution in [1.82, 2.24) is 0 Å². The number of benzene rings is 1. The molecular weight excluding hydrogens is 216 g/mol. The van der Waals surface area contributed by atoms with Crippen LogP contribution in [-0.2, 0) is 9.47 Å². The molecule has 0 aliphatic carbocycles. The molecule has 2 aliphatic heterocycles. The lowest BCUT2D eigenvalue weighted by Crippen LogP contribution is -2.50. The summed E-state index contributed by atoms with van der Waals surface area (Å²) in [6.07, 6.45) is 1.75. The largest absolute Gasteiger partial charge is 0.377 e.